The van der Waals surface area contributed by atoms with Gasteiger partial charge in [-0.25, -0.2) is 17.2 Å². The summed E-state index contributed by atoms with van der Waals surface area (Å²) in [6.45, 7) is 8.65. The van der Waals surface area contributed by atoms with Gasteiger partial charge in [-0.05, 0) is 0 Å². The van der Waals surface area contributed by atoms with Gasteiger partial charge in [-0.15, -0.1) is 13.3 Å². The van der Waals surface area contributed by atoms with Crippen molar-refractivity contribution in [3.05, 3.63) is 47.1 Å². The number of allylic oxidation sites excluding steroid dienone is 8. The molecule has 2 heteroatoms. The Morgan fingerprint density at radius 1 is 1.21 bits per heavy atom. The van der Waals surface area contributed by atoms with Crippen molar-refractivity contribution in [2.45, 2.75) is 52.0 Å². The SMILES string of the molecule is CC(C)C1=CC[C-]=C1.CC1=C(C)CC=[C-]1.[CH3][GeH][CH3].[Zr+2]. The predicted octanol–water partition coefficient (Wildman–Crippen LogP) is 4.93. The molecule has 19 heavy (non-hydrogen) atoms. The molecule has 0 saturated heterocycles. The van der Waals surface area contributed by atoms with Crippen molar-refractivity contribution in [2.75, 3.05) is 0 Å². The first-order valence-corrected chi connectivity index (χ1v) is 11.6. The van der Waals surface area contributed by atoms with Crippen molar-refractivity contribution < 1.29 is 26.2 Å². The molecule has 0 aromatic heterocycles. The van der Waals surface area contributed by atoms with Gasteiger partial charge in [0.1, 0.15) is 0 Å². The molecule has 0 N–H and O–H groups in total. The molecule has 0 unspecified atom stereocenters. The third-order valence-electron chi connectivity index (χ3n) is 2.76. The van der Waals surface area contributed by atoms with Crippen LogP contribution >= 0.6 is 0 Å². The Balaban J connectivity index is 0. The van der Waals surface area contributed by atoms with E-state index in [-0.39, 0.29) is 26.2 Å². The van der Waals surface area contributed by atoms with Crippen molar-refractivity contribution in [2.24, 2.45) is 5.92 Å². The molecular weight excluding hydrogens is 368 g/mol. The fraction of sp³-hybridized carbons (Fsp3) is 0.529. The second kappa shape index (κ2) is 13.4. The summed E-state index contributed by atoms with van der Waals surface area (Å²) in [5.41, 5.74) is 4.21. The van der Waals surface area contributed by atoms with Gasteiger partial charge >= 0.3 is 53.1 Å². The Bertz CT molecular complexity index is 346. The Hall–Kier alpha value is 0.386. The minimum atomic E-state index is 0. The van der Waals surface area contributed by atoms with E-state index in [1.54, 1.807) is 0 Å². The summed E-state index contributed by atoms with van der Waals surface area (Å²) in [7, 11) is 0. The van der Waals surface area contributed by atoms with E-state index in [2.05, 4.69) is 69.6 Å². The first-order chi connectivity index (χ1) is 8.52. The topological polar surface area (TPSA) is 0 Å². The van der Waals surface area contributed by atoms with Crippen LogP contribution in [0.15, 0.2) is 34.9 Å². The number of hydrogen-bond donors (Lipinski definition) is 0. The molecule has 0 atom stereocenters. The van der Waals surface area contributed by atoms with Gasteiger partial charge in [0.15, 0.2) is 0 Å². The summed E-state index contributed by atoms with van der Waals surface area (Å²) in [6.07, 6.45) is 14.8. The Labute approximate surface area is 146 Å². The van der Waals surface area contributed by atoms with Crippen LogP contribution in [0.4, 0.5) is 0 Å². The Morgan fingerprint density at radius 3 is 1.95 bits per heavy atom. The van der Waals surface area contributed by atoms with E-state index < -0.39 is 0 Å². The molecule has 1 radical (unpaired) electrons. The molecule has 2 aliphatic carbocycles. The minimum Gasteiger partial charge on any atom is 2.00 e. The molecule has 103 valence electrons. The third kappa shape index (κ3) is 10.8. The molecule has 0 amide bonds. The van der Waals surface area contributed by atoms with Crippen LogP contribution in [-0.4, -0.2) is 15.4 Å². The molecule has 0 aliphatic heterocycles. The van der Waals surface area contributed by atoms with Crippen LogP contribution < -0.4 is 0 Å². The van der Waals surface area contributed by atoms with E-state index in [1.165, 1.54) is 16.7 Å². The average Bonchev–Trinajstić information content (AvgIpc) is 2.94. The van der Waals surface area contributed by atoms with Gasteiger partial charge < -0.3 is 0 Å². The van der Waals surface area contributed by atoms with Crippen LogP contribution in [0.25, 0.3) is 0 Å². The summed E-state index contributed by atoms with van der Waals surface area (Å²) in [4.78, 5) is 0. The van der Waals surface area contributed by atoms with Crippen LogP contribution in [0.1, 0.15) is 40.5 Å². The van der Waals surface area contributed by atoms with Crippen molar-refractivity contribution in [1.29, 1.82) is 0 Å². The smallest absolute Gasteiger partial charge is 2.00 e. The molecule has 0 heterocycles. The molecule has 0 spiro atoms. The molecule has 0 saturated carbocycles. The standard InChI is InChI=1S/C8H11.C7H9.C2H7Ge.Zr/c1-7(2)8-5-3-4-6-8;1-6-4-3-5-7(6)2;1-3-2;/h5-7H,3H2,1-2H3;3H,4H2,1-2H3;3H,1-2H3;/q2*-1;;+2. The van der Waals surface area contributed by atoms with Gasteiger partial charge in [0.2, 0.25) is 0 Å². The van der Waals surface area contributed by atoms with Crippen LogP contribution in [0.3, 0.4) is 0 Å². The second-order valence-corrected chi connectivity index (χ2v) is 7.37. The van der Waals surface area contributed by atoms with Crippen molar-refractivity contribution >= 4 is 15.4 Å². The van der Waals surface area contributed by atoms with E-state index in [1.807, 2.05) is 0 Å². The first-order valence-electron chi connectivity index (χ1n) is 6.78. The maximum Gasteiger partial charge on any atom is 2.00 e. The van der Waals surface area contributed by atoms with Gasteiger partial charge in [0.05, 0.1) is 0 Å². The summed E-state index contributed by atoms with van der Waals surface area (Å²) < 4.78 is 0. The summed E-state index contributed by atoms with van der Waals surface area (Å²) in [5.74, 6) is 5.25. The Kier molecular flexibility index (Phi) is 15.3. The summed E-state index contributed by atoms with van der Waals surface area (Å²) >= 11 is 0.312. The number of rotatable bonds is 1. The first kappa shape index (κ1) is 21.7. The van der Waals surface area contributed by atoms with Gasteiger partial charge in [-0.1, -0.05) is 33.1 Å². The van der Waals surface area contributed by atoms with E-state index in [9.17, 15) is 0 Å². The monoisotopic (exact) mass is 395 g/mol. The molecule has 2 aliphatic rings. The summed E-state index contributed by atoms with van der Waals surface area (Å²) in [6, 6.07) is 0. The van der Waals surface area contributed by atoms with Crippen LogP contribution in [0, 0.1) is 18.1 Å². The van der Waals surface area contributed by atoms with Gasteiger partial charge in [0, 0.05) is 0 Å². The van der Waals surface area contributed by atoms with Crippen molar-refractivity contribution in [3.63, 3.8) is 0 Å². The molecule has 0 aromatic rings. The van der Waals surface area contributed by atoms with Gasteiger partial charge in [-0.3, -0.25) is 12.2 Å². The number of hydrogen-bond acceptors (Lipinski definition) is 0. The quantitative estimate of drug-likeness (QED) is 0.436. The zero-order valence-corrected chi connectivity index (χ0v) is 18.2. The van der Waals surface area contributed by atoms with E-state index in [0.29, 0.717) is 21.3 Å². The fourth-order valence-corrected chi connectivity index (χ4v) is 1.45. The van der Waals surface area contributed by atoms with Crippen LogP contribution in [-0.2, 0) is 26.2 Å². The molecule has 0 fully saturated rings. The van der Waals surface area contributed by atoms with Crippen molar-refractivity contribution in [1.82, 2.24) is 0 Å². The molecular formula is C17H27GeZr. The third-order valence-corrected chi connectivity index (χ3v) is 2.76. The van der Waals surface area contributed by atoms with E-state index >= 15 is 0 Å². The zero-order chi connectivity index (χ0) is 14.0. The minimum absolute atomic E-state index is 0. The van der Waals surface area contributed by atoms with Gasteiger partial charge in [-0.2, -0.15) is 17.7 Å². The van der Waals surface area contributed by atoms with Crippen molar-refractivity contribution in [3.8, 4) is 0 Å². The molecule has 0 nitrogen and oxygen atoms in total. The van der Waals surface area contributed by atoms with E-state index in [0.717, 1.165) is 12.8 Å². The van der Waals surface area contributed by atoms with Crippen LogP contribution in [0.2, 0.25) is 11.5 Å². The van der Waals surface area contributed by atoms with Crippen LogP contribution in [0.5, 0.6) is 0 Å². The maximum absolute atomic E-state index is 3.14. The molecule has 2 rings (SSSR count). The second-order valence-electron chi connectivity index (χ2n) is 4.95. The summed E-state index contributed by atoms with van der Waals surface area (Å²) in [5, 5.41) is 0. The van der Waals surface area contributed by atoms with E-state index in [4.69, 9.17) is 0 Å². The average molecular weight is 395 g/mol. The molecule has 0 bridgehead atoms. The van der Waals surface area contributed by atoms with Gasteiger partial charge in [0.25, 0.3) is 0 Å². The normalized spacial score (nSPS) is 15.4. The maximum atomic E-state index is 3.14. The largest absolute Gasteiger partial charge is 2.00 e. The predicted molar refractivity (Wildman–Crippen MR) is 85.0 cm³/mol. The Morgan fingerprint density at radius 2 is 1.79 bits per heavy atom. The zero-order valence-electron chi connectivity index (χ0n) is 13.3. The fourth-order valence-electron chi connectivity index (χ4n) is 1.45. The molecule has 0 aromatic carbocycles.